The number of nitrogens with zero attached hydrogens (tertiary/aromatic N) is 6. The molecule has 0 aliphatic rings. The summed E-state index contributed by atoms with van der Waals surface area (Å²) in [6.07, 6.45) is 7.14. The number of benzene rings is 1. The van der Waals surface area contributed by atoms with Gasteiger partial charge < -0.3 is 10.8 Å². The van der Waals surface area contributed by atoms with E-state index in [1.54, 1.807) is 18.3 Å². The molecule has 0 amide bonds. The first kappa shape index (κ1) is 23.0. The molecule has 0 atom stereocenters. The van der Waals surface area contributed by atoms with Crippen LogP contribution in [-0.4, -0.2) is 41.7 Å². The van der Waals surface area contributed by atoms with E-state index in [4.69, 9.17) is 12.2 Å². The summed E-state index contributed by atoms with van der Waals surface area (Å²) < 4.78 is 16.4. The van der Waals surface area contributed by atoms with Gasteiger partial charge in [0.1, 0.15) is 11.4 Å². The Hall–Kier alpha value is -4.16. The van der Waals surface area contributed by atoms with Gasteiger partial charge in [0.05, 0.1) is 25.0 Å². The second-order valence-corrected chi connectivity index (χ2v) is 8.58. The maximum absolute atomic E-state index is 14.9. The minimum Gasteiger partial charge on any atom is -0.395 e. The quantitative estimate of drug-likeness (QED) is 0.427. The van der Waals surface area contributed by atoms with E-state index in [1.165, 1.54) is 4.68 Å². The number of aliphatic hydroxyl groups excluding tert-OH is 1. The van der Waals surface area contributed by atoms with E-state index in [0.29, 0.717) is 17.7 Å². The van der Waals surface area contributed by atoms with Gasteiger partial charge in [0.25, 0.3) is 0 Å². The molecule has 0 aliphatic carbocycles. The highest BCUT2D eigenvalue weighted by molar-refractivity contribution is 5.69. The molecule has 8 nitrogen and oxygen atoms in total. The van der Waals surface area contributed by atoms with Gasteiger partial charge in [-0.15, -0.1) is 11.5 Å². The lowest BCUT2D eigenvalue weighted by Gasteiger charge is -2.21. The number of halogens is 1. The van der Waals surface area contributed by atoms with Gasteiger partial charge in [-0.2, -0.15) is 0 Å². The van der Waals surface area contributed by atoms with Crippen molar-refractivity contribution < 1.29 is 9.50 Å². The van der Waals surface area contributed by atoms with Gasteiger partial charge in [0, 0.05) is 22.2 Å². The topological polar surface area (TPSA) is 116 Å². The molecule has 0 fully saturated rings. The van der Waals surface area contributed by atoms with E-state index in [-0.39, 0.29) is 29.6 Å². The van der Waals surface area contributed by atoms with Gasteiger partial charge in [0.2, 0.25) is 0 Å². The van der Waals surface area contributed by atoms with Crippen LogP contribution in [-0.2, 0) is 12.0 Å². The molecule has 3 heterocycles. The summed E-state index contributed by atoms with van der Waals surface area (Å²) in [5, 5.41) is 17.8. The maximum Gasteiger partial charge on any atom is 0.193 e. The van der Waals surface area contributed by atoms with E-state index in [2.05, 4.69) is 31.2 Å². The average Bonchev–Trinajstić information content (AvgIpc) is 3.29. The molecule has 3 N–H and O–H groups in total. The fourth-order valence-electron chi connectivity index (χ4n) is 3.46. The number of rotatable bonds is 6. The Morgan fingerprint density at radius 1 is 1.15 bits per heavy atom. The first-order valence-corrected chi connectivity index (χ1v) is 10.6. The van der Waals surface area contributed by atoms with Crippen molar-refractivity contribution in [2.24, 2.45) is 0 Å². The van der Waals surface area contributed by atoms with Crippen LogP contribution >= 0.6 is 0 Å². The number of hydrogen-bond donors (Lipinski definition) is 2. The molecule has 0 aliphatic heterocycles. The van der Waals surface area contributed by atoms with Crippen molar-refractivity contribution in [2.75, 3.05) is 12.3 Å². The summed E-state index contributed by atoms with van der Waals surface area (Å²) in [4.78, 5) is 13.1. The summed E-state index contributed by atoms with van der Waals surface area (Å²) in [6.45, 7) is 5.95. The van der Waals surface area contributed by atoms with Crippen LogP contribution in [0, 0.1) is 25.1 Å². The number of aliphatic hydroxyl groups is 1. The third kappa shape index (κ3) is 4.36. The molecule has 4 aromatic rings. The van der Waals surface area contributed by atoms with E-state index in [9.17, 15) is 9.50 Å². The molecular weight excluding hydrogens is 433 g/mol. The fourth-order valence-corrected chi connectivity index (χ4v) is 3.46. The van der Waals surface area contributed by atoms with Crippen LogP contribution in [0.15, 0.2) is 42.6 Å². The molecule has 0 saturated carbocycles. The SMILES string of the molecule is C#Cc1cccc(-c2nc(N)c(F)c(-c3cn(Cc4cccc(C(C)(C)CO)n4)nn3)n2)c1C. The number of nitrogen functional groups attached to an aromatic ring is 1. The standard InChI is InChI=1S/C25H24FN7O/c1-5-16-8-6-10-18(15(16)2)24-29-22(21(26)23(27)30-24)19-13-33(32-31-19)12-17-9-7-11-20(28-17)25(3,4)14-34/h1,6-11,13,34H,12,14H2,2-4H3,(H2,27,29,30). The molecule has 4 rings (SSSR count). The molecule has 0 saturated heterocycles. The molecule has 0 radical (unpaired) electrons. The zero-order valence-electron chi connectivity index (χ0n) is 19.1. The molecule has 3 aromatic heterocycles. The Morgan fingerprint density at radius 2 is 1.91 bits per heavy atom. The Kier molecular flexibility index (Phi) is 6.09. The summed E-state index contributed by atoms with van der Waals surface area (Å²) in [7, 11) is 0. The first-order chi connectivity index (χ1) is 16.2. The van der Waals surface area contributed by atoms with Gasteiger partial charge in [-0.3, -0.25) is 4.98 Å². The lowest BCUT2D eigenvalue weighted by molar-refractivity contribution is 0.215. The number of hydrogen-bond acceptors (Lipinski definition) is 7. The molecule has 0 bridgehead atoms. The summed E-state index contributed by atoms with van der Waals surface area (Å²) in [5.74, 6) is 1.80. The van der Waals surface area contributed by atoms with Crippen molar-refractivity contribution in [2.45, 2.75) is 32.7 Å². The highest BCUT2D eigenvalue weighted by atomic mass is 19.1. The number of aromatic nitrogens is 6. The van der Waals surface area contributed by atoms with Crippen LogP contribution in [0.5, 0.6) is 0 Å². The Labute approximate surface area is 196 Å². The van der Waals surface area contributed by atoms with E-state index >= 15 is 0 Å². The lowest BCUT2D eigenvalue weighted by Crippen LogP contribution is -2.24. The van der Waals surface area contributed by atoms with Crippen LogP contribution in [0.2, 0.25) is 0 Å². The van der Waals surface area contributed by atoms with E-state index in [1.807, 2.05) is 45.0 Å². The normalized spacial score (nSPS) is 11.4. The van der Waals surface area contributed by atoms with E-state index in [0.717, 1.165) is 17.0 Å². The zero-order valence-corrected chi connectivity index (χ0v) is 19.1. The van der Waals surface area contributed by atoms with Crippen LogP contribution in [0.1, 0.15) is 36.4 Å². The molecule has 0 unspecified atom stereocenters. The smallest absolute Gasteiger partial charge is 0.193 e. The summed E-state index contributed by atoms with van der Waals surface area (Å²) in [5.41, 5.74) is 9.17. The fraction of sp³-hybridized carbons (Fsp3) is 0.240. The van der Waals surface area contributed by atoms with Gasteiger partial charge in [-0.25, -0.2) is 19.0 Å². The van der Waals surface area contributed by atoms with Crippen molar-refractivity contribution in [3.05, 3.63) is 70.9 Å². The van der Waals surface area contributed by atoms with Crippen molar-refractivity contribution in [3.63, 3.8) is 0 Å². The zero-order chi connectivity index (χ0) is 24.5. The molecule has 172 valence electrons. The maximum atomic E-state index is 14.9. The lowest BCUT2D eigenvalue weighted by atomic mass is 9.90. The third-order valence-electron chi connectivity index (χ3n) is 5.61. The molecule has 1 aromatic carbocycles. The summed E-state index contributed by atoms with van der Waals surface area (Å²) in [6, 6.07) is 11.0. The van der Waals surface area contributed by atoms with Crippen molar-refractivity contribution in [1.82, 2.24) is 29.9 Å². The van der Waals surface area contributed by atoms with Gasteiger partial charge >= 0.3 is 0 Å². The second-order valence-electron chi connectivity index (χ2n) is 8.58. The first-order valence-electron chi connectivity index (χ1n) is 10.6. The van der Waals surface area contributed by atoms with Crippen molar-refractivity contribution >= 4 is 5.82 Å². The van der Waals surface area contributed by atoms with Crippen LogP contribution in [0.25, 0.3) is 22.8 Å². The average molecular weight is 458 g/mol. The van der Waals surface area contributed by atoms with Crippen LogP contribution in [0.3, 0.4) is 0 Å². The minimum atomic E-state index is -0.772. The summed E-state index contributed by atoms with van der Waals surface area (Å²) >= 11 is 0. The van der Waals surface area contributed by atoms with Gasteiger partial charge in [0.15, 0.2) is 17.5 Å². The van der Waals surface area contributed by atoms with Crippen LogP contribution < -0.4 is 5.73 Å². The Balaban J connectivity index is 1.68. The highest BCUT2D eigenvalue weighted by Gasteiger charge is 2.22. The number of terminal acetylenes is 1. The van der Waals surface area contributed by atoms with E-state index < -0.39 is 11.2 Å². The Bertz CT molecular complexity index is 1400. The second kappa shape index (κ2) is 9.00. The molecule has 9 heteroatoms. The van der Waals surface area contributed by atoms with Gasteiger partial charge in [-0.1, -0.05) is 43.2 Å². The number of nitrogens with two attached hydrogens (primary N) is 1. The molecule has 0 spiro atoms. The molecular formula is C25H24FN7O. The van der Waals surface area contributed by atoms with Crippen molar-refractivity contribution in [1.29, 1.82) is 0 Å². The molecule has 34 heavy (non-hydrogen) atoms. The predicted octanol–water partition coefficient (Wildman–Crippen LogP) is 3.13. The monoisotopic (exact) mass is 457 g/mol. The Morgan fingerprint density at radius 3 is 2.65 bits per heavy atom. The number of pyridine rings is 1. The van der Waals surface area contributed by atoms with Gasteiger partial charge in [-0.05, 0) is 30.7 Å². The predicted molar refractivity (Wildman–Crippen MR) is 127 cm³/mol. The highest BCUT2D eigenvalue weighted by Crippen LogP contribution is 2.28. The third-order valence-corrected chi connectivity index (χ3v) is 5.61. The van der Waals surface area contributed by atoms with Crippen LogP contribution in [0.4, 0.5) is 10.2 Å². The number of anilines is 1. The van der Waals surface area contributed by atoms with Crippen molar-refractivity contribution in [3.8, 4) is 35.1 Å². The largest absolute Gasteiger partial charge is 0.395 e. The minimum absolute atomic E-state index is 0.0304.